The maximum atomic E-state index is 11.9. The Morgan fingerprint density at radius 1 is 1.58 bits per heavy atom. The van der Waals surface area contributed by atoms with Crippen molar-refractivity contribution < 1.29 is 4.79 Å². The summed E-state index contributed by atoms with van der Waals surface area (Å²) in [6.07, 6.45) is 5.43. The summed E-state index contributed by atoms with van der Waals surface area (Å²) in [5.74, 6) is 0.0535. The predicted octanol–water partition coefficient (Wildman–Crippen LogP) is 1.58. The molecule has 1 atom stereocenters. The summed E-state index contributed by atoms with van der Waals surface area (Å²) in [7, 11) is 0. The number of carbonyl (C=O) groups is 1. The van der Waals surface area contributed by atoms with Crippen LogP contribution in [-0.4, -0.2) is 28.5 Å². The number of aromatic nitrogens is 2. The molecule has 1 amide bonds. The highest BCUT2D eigenvalue weighted by atomic mass is 35.5. The van der Waals surface area contributed by atoms with E-state index in [1.165, 1.54) is 0 Å². The van der Waals surface area contributed by atoms with Crippen LogP contribution in [0, 0.1) is 0 Å². The maximum Gasteiger partial charge on any atom is 0.237 e. The topological polar surface area (TPSA) is 69.8 Å². The first-order chi connectivity index (χ1) is 9.24. The van der Waals surface area contributed by atoms with Crippen molar-refractivity contribution in [3.8, 4) is 0 Å². The van der Waals surface area contributed by atoms with Crippen molar-refractivity contribution >= 4 is 28.5 Å². The molecule has 19 heavy (non-hydrogen) atoms. The summed E-state index contributed by atoms with van der Waals surface area (Å²) in [5, 5.41) is 7.62. The largest absolute Gasteiger partial charge is 0.351 e. The molecule has 6 heteroatoms. The van der Waals surface area contributed by atoms with E-state index >= 15 is 0 Å². The van der Waals surface area contributed by atoms with E-state index in [9.17, 15) is 4.79 Å². The van der Waals surface area contributed by atoms with Crippen molar-refractivity contribution in [2.45, 2.75) is 25.4 Å². The zero-order valence-corrected chi connectivity index (χ0v) is 11.1. The Balaban J connectivity index is 1.67. The van der Waals surface area contributed by atoms with Crippen LogP contribution in [0.25, 0.3) is 11.0 Å². The molecule has 0 spiro atoms. The lowest BCUT2D eigenvalue weighted by Gasteiger charge is -2.10. The molecule has 1 aliphatic heterocycles. The number of hydrogen-bond donors (Lipinski definition) is 3. The third-order valence-electron chi connectivity index (χ3n) is 3.38. The molecule has 1 unspecified atom stereocenters. The minimum absolute atomic E-state index is 0.0486. The van der Waals surface area contributed by atoms with Gasteiger partial charge in [-0.1, -0.05) is 11.6 Å². The second kappa shape index (κ2) is 5.19. The average molecular weight is 279 g/mol. The zero-order chi connectivity index (χ0) is 13.2. The molecule has 1 fully saturated rings. The third-order valence-corrected chi connectivity index (χ3v) is 3.69. The molecular formula is C13H15ClN4O. The van der Waals surface area contributed by atoms with Crippen molar-refractivity contribution in [3.63, 3.8) is 0 Å². The molecule has 0 radical (unpaired) electrons. The molecule has 100 valence electrons. The lowest BCUT2D eigenvalue weighted by Crippen LogP contribution is -2.40. The Bertz CT molecular complexity index is 604. The lowest BCUT2D eigenvalue weighted by molar-refractivity contribution is -0.122. The van der Waals surface area contributed by atoms with Gasteiger partial charge in [-0.2, -0.15) is 0 Å². The van der Waals surface area contributed by atoms with Gasteiger partial charge >= 0.3 is 0 Å². The van der Waals surface area contributed by atoms with Gasteiger partial charge in [-0.3, -0.25) is 4.79 Å². The average Bonchev–Trinajstić information content (AvgIpc) is 3.07. The van der Waals surface area contributed by atoms with E-state index in [0.717, 1.165) is 36.0 Å². The van der Waals surface area contributed by atoms with Crippen molar-refractivity contribution in [1.82, 2.24) is 20.6 Å². The molecule has 0 aliphatic carbocycles. The van der Waals surface area contributed by atoms with E-state index in [1.54, 1.807) is 12.4 Å². The van der Waals surface area contributed by atoms with E-state index in [1.807, 2.05) is 6.07 Å². The number of carbonyl (C=O) groups excluding carboxylic acids is 1. The summed E-state index contributed by atoms with van der Waals surface area (Å²) in [6.45, 7) is 1.39. The lowest BCUT2D eigenvalue weighted by atomic mass is 10.2. The fraction of sp³-hybridized carbons (Fsp3) is 0.385. The summed E-state index contributed by atoms with van der Waals surface area (Å²) in [5.41, 5.74) is 1.71. The smallest absolute Gasteiger partial charge is 0.237 e. The third kappa shape index (κ3) is 2.57. The number of nitrogens with one attached hydrogen (secondary N) is 3. The number of pyridine rings is 1. The molecule has 2 aromatic rings. The summed E-state index contributed by atoms with van der Waals surface area (Å²) in [6, 6.07) is 1.90. The van der Waals surface area contributed by atoms with E-state index in [-0.39, 0.29) is 11.9 Å². The van der Waals surface area contributed by atoms with Gasteiger partial charge in [0.25, 0.3) is 0 Å². The molecule has 0 aromatic carbocycles. The van der Waals surface area contributed by atoms with Crippen LogP contribution in [0.1, 0.15) is 18.4 Å². The number of amides is 1. The Labute approximate surface area is 115 Å². The minimum atomic E-state index is -0.0486. The van der Waals surface area contributed by atoms with Gasteiger partial charge in [-0.05, 0) is 31.0 Å². The quantitative estimate of drug-likeness (QED) is 0.798. The first kappa shape index (κ1) is 12.4. The summed E-state index contributed by atoms with van der Waals surface area (Å²) >= 11 is 6.04. The molecule has 0 saturated carbocycles. The van der Waals surface area contributed by atoms with Crippen LogP contribution in [0.3, 0.4) is 0 Å². The molecule has 2 aromatic heterocycles. The van der Waals surface area contributed by atoms with Crippen LogP contribution >= 0.6 is 11.6 Å². The fourth-order valence-electron chi connectivity index (χ4n) is 2.33. The fourth-order valence-corrected chi connectivity index (χ4v) is 2.53. The van der Waals surface area contributed by atoms with Gasteiger partial charge in [0.1, 0.15) is 5.65 Å². The van der Waals surface area contributed by atoms with Gasteiger partial charge in [-0.25, -0.2) is 4.98 Å². The van der Waals surface area contributed by atoms with Crippen LogP contribution in [0.5, 0.6) is 0 Å². The number of fused-ring (bicyclic) bond motifs is 1. The van der Waals surface area contributed by atoms with Crippen LogP contribution < -0.4 is 10.6 Å². The van der Waals surface area contributed by atoms with E-state index in [2.05, 4.69) is 20.6 Å². The van der Waals surface area contributed by atoms with Crippen molar-refractivity contribution in [1.29, 1.82) is 0 Å². The van der Waals surface area contributed by atoms with Crippen LogP contribution in [-0.2, 0) is 11.3 Å². The number of aromatic amines is 1. The van der Waals surface area contributed by atoms with Gasteiger partial charge < -0.3 is 15.6 Å². The first-order valence-corrected chi connectivity index (χ1v) is 6.74. The molecule has 1 aliphatic rings. The highest BCUT2D eigenvalue weighted by Crippen LogP contribution is 2.21. The Morgan fingerprint density at radius 2 is 2.47 bits per heavy atom. The molecule has 1 saturated heterocycles. The highest BCUT2D eigenvalue weighted by Gasteiger charge is 2.21. The van der Waals surface area contributed by atoms with Crippen molar-refractivity contribution in [3.05, 3.63) is 29.0 Å². The monoisotopic (exact) mass is 278 g/mol. The Morgan fingerprint density at radius 3 is 3.26 bits per heavy atom. The second-order valence-corrected chi connectivity index (χ2v) is 5.15. The standard InChI is InChI=1S/C13H15ClN4O/c14-10-7-17-12-9(10)4-8(5-16-12)6-18-13(19)11-2-1-3-15-11/h4-5,7,11,15H,1-3,6H2,(H,16,17)(H,18,19). The van der Waals surface area contributed by atoms with Gasteiger partial charge in [0.15, 0.2) is 0 Å². The van der Waals surface area contributed by atoms with Gasteiger partial charge in [0, 0.05) is 24.3 Å². The van der Waals surface area contributed by atoms with E-state index < -0.39 is 0 Å². The summed E-state index contributed by atoms with van der Waals surface area (Å²) < 4.78 is 0. The Hall–Kier alpha value is -1.59. The molecule has 3 rings (SSSR count). The molecular weight excluding hydrogens is 264 g/mol. The number of halogens is 1. The number of H-pyrrole nitrogens is 1. The Kier molecular flexibility index (Phi) is 3.40. The van der Waals surface area contributed by atoms with Crippen LogP contribution in [0.2, 0.25) is 5.02 Å². The molecule has 5 nitrogen and oxygen atoms in total. The number of nitrogens with zero attached hydrogens (tertiary/aromatic N) is 1. The highest BCUT2D eigenvalue weighted by molar-refractivity contribution is 6.35. The van der Waals surface area contributed by atoms with E-state index in [4.69, 9.17) is 11.6 Å². The molecule has 0 bridgehead atoms. The van der Waals surface area contributed by atoms with Crippen molar-refractivity contribution in [2.75, 3.05) is 6.54 Å². The van der Waals surface area contributed by atoms with Gasteiger partial charge in [-0.15, -0.1) is 0 Å². The maximum absolute atomic E-state index is 11.9. The van der Waals surface area contributed by atoms with Crippen molar-refractivity contribution in [2.24, 2.45) is 0 Å². The summed E-state index contributed by atoms with van der Waals surface area (Å²) in [4.78, 5) is 19.1. The normalized spacial score (nSPS) is 18.9. The zero-order valence-electron chi connectivity index (χ0n) is 10.4. The second-order valence-electron chi connectivity index (χ2n) is 4.74. The van der Waals surface area contributed by atoms with Gasteiger partial charge in [0.2, 0.25) is 5.91 Å². The van der Waals surface area contributed by atoms with E-state index in [0.29, 0.717) is 11.6 Å². The first-order valence-electron chi connectivity index (χ1n) is 6.36. The van der Waals surface area contributed by atoms with Gasteiger partial charge in [0.05, 0.1) is 11.1 Å². The van der Waals surface area contributed by atoms with Crippen LogP contribution in [0.15, 0.2) is 18.5 Å². The minimum Gasteiger partial charge on any atom is -0.351 e. The SMILES string of the molecule is O=C(NCc1cnc2[nH]cc(Cl)c2c1)C1CCCN1. The predicted molar refractivity (Wildman–Crippen MR) is 74.0 cm³/mol. The van der Waals surface area contributed by atoms with Crippen LogP contribution in [0.4, 0.5) is 0 Å². The number of rotatable bonds is 3. The molecule has 3 heterocycles. The number of hydrogen-bond acceptors (Lipinski definition) is 3. The molecule has 3 N–H and O–H groups in total.